The summed E-state index contributed by atoms with van der Waals surface area (Å²) in [7, 11) is 1.35. The number of benzene rings is 1. The van der Waals surface area contributed by atoms with E-state index in [-0.39, 0.29) is 23.8 Å². The van der Waals surface area contributed by atoms with Crippen LogP contribution in [0.2, 0.25) is 0 Å². The third kappa shape index (κ3) is 2.89. The molecule has 7 nitrogen and oxygen atoms in total. The minimum atomic E-state index is -0.688. The molecule has 0 saturated carbocycles. The number of halogens is 1. The molecule has 3 rings (SSSR count). The van der Waals surface area contributed by atoms with E-state index >= 15 is 0 Å². The summed E-state index contributed by atoms with van der Waals surface area (Å²) in [6, 6.07) is 3.92. The maximum atomic E-state index is 14.4. The second-order valence-corrected chi connectivity index (χ2v) is 5.07. The monoisotopic (exact) mass is 321 g/mol. The van der Waals surface area contributed by atoms with Crippen molar-refractivity contribution in [1.29, 1.82) is 0 Å². The molecule has 23 heavy (non-hydrogen) atoms. The Bertz CT molecular complexity index is 718. The number of hydrogen-bond donors (Lipinski definition) is 0. The van der Waals surface area contributed by atoms with Crippen molar-refractivity contribution < 1.29 is 23.1 Å². The first-order valence-electron chi connectivity index (χ1n) is 7.13. The van der Waals surface area contributed by atoms with Crippen molar-refractivity contribution in [1.82, 2.24) is 15.1 Å². The van der Waals surface area contributed by atoms with Gasteiger partial charge in [-0.1, -0.05) is 6.07 Å². The number of methoxy groups -OCH3 is 1. The molecule has 0 bridgehead atoms. The first-order valence-corrected chi connectivity index (χ1v) is 7.13. The van der Waals surface area contributed by atoms with E-state index in [0.717, 1.165) is 0 Å². The molecule has 2 aromatic rings. The number of carbonyl (C=O) groups is 1. The quantitative estimate of drug-likeness (QED) is 0.857. The second-order valence-electron chi connectivity index (χ2n) is 5.07. The predicted molar refractivity (Wildman–Crippen MR) is 76.6 cm³/mol. The Morgan fingerprint density at radius 3 is 2.96 bits per heavy atom. The van der Waals surface area contributed by atoms with Crippen LogP contribution >= 0.6 is 0 Å². The Labute approximate surface area is 132 Å². The van der Waals surface area contributed by atoms with E-state index < -0.39 is 17.8 Å². The highest BCUT2D eigenvalue weighted by atomic mass is 19.1. The summed E-state index contributed by atoms with van der Waals surface area (Å²) in [5.41, 5.74) is -0.0625. The number of morpholine rings is 1. The van der Waals surface area contributed by atoms with Crippen molar-refractivity contribution in [2.45, 2.75) is 13.0 Å². The fraction of sp³-hybridized carbons (Fsp3) is 0.400. The predicted octanol–water partition coefficient (Wildman–Crippen LogP) is 1.74. The molecular formula is C15H16FN3O4. The molecule has 2 heterocycles. The van der Waals surface area contributed by atoms with Gasteiger partial charge in [-0.3, -0.25) is 4.79 Å². The van der Waals surface area contributed by atoms with E-state index in [0.29, 0.717) is 19.0 Å². The molecule has 1 aromatic heterocycles. The number of amides is 1. The van der Waals surface area contributed by atoms with Gasteiger partial charge in [0, 0.05) is 13.5 Å². The van der Waals surface area contributed by atoms with E-state index in [4.69, 9.17) is 13.9 Å². The molecule has 1 aromatic carbocycles. The summed E-state index contributed by atoms with van der Waals surface area (Å²) in [6.07, 6.45) is 0. The molecule has 0 aliphatic carbocycles. The van der Waals surface area contributed by atoms with Gasteiger partial charge in [-0.05, 0) is 12.1 Å². The summed E-state index contributed by atoms with van der Waals surface area (Å²) in [6.45, 7) is 2.55. The fourth-order valence-electron chi connectivity index (χ4n) is 2.49. The minimum Gasteiger partial charge on any atom is -0.494 e. The molecule has 1 aliphatic rings. The van der Waals surface area contributed by atoms with Gasteiger partial charge < -0.3 is 18.8 Å². The lowest BCUT2D eigenvalue weighted by molar-refractivity contribution is -0.0109. The first kappa shape index (κ1) is 15.4. The molecule has 1 atom stereocenters. The second kappa shape index (κ2) is 6.33. The van der Waals surface area contributed by atoms with Crippen LogP contribution in [0.15, 0.2) is 22.6 Å². The minimum absolute atomic E-state index is 0.0225. The van der Waals surface area contributed by atoms with Crippen molar-refractivity contribution in [3.8, 4) is 5.75 Å². The van der Waals surface area contributed by atoms with Gasteiger partial charge in [-0.25, -0.2) is 4.39 Å². The molecule has 8 heteroatoms. The van der Waals surface area contributed by atoms with Crippen LogP contribution in [0.5, 0.6) is 5.75 Å². The van der Waals surface area contributed by atoms with Crippen LogP contribution in [0.25, 0.3) is 0 Å². The zero-order valence-electron chi connectivity index (χ0n) is 12.8. The van der Waals surface area contributed by atoms with E-state index in [1.807, 2.05) is 0 Å². The maximum Gasteiger partial charge on any atom is 0.257 e. The highest BCUT2D eigenvalue weighted by Gasteiger charge is 2.34. The first-order chi connectivity index (χ1) is 11.1. The van der Waals surface area contributed by atoms with Crippen LogP contribution in [0.1, 0.15) is 28.2 Å². The molecule has 1 amide bonds. The standard InChI is InChI=1S/C15H16FN3O4/c1-9-17-18-14(23-9)11-8-22-7-6-19(11)15(20)10-4-3-5-12(21-2)13(10)16/h3-5,11H,6-8H2,1-2H3/t11-/m0/s1. The molecular weight excluding hydrogens is 305 g/mol. The van der Waals surface area contributed by atoms with Crippen LogP contribution in [0, 0.1) is 12.7 Å². The third-order valence-electron chi connectivity index (χ3n) is 3.63. The van der Waals surface area contributed by atoms with Crippen molar-refractivity contribution in [2.75, 3.05) is 26.9 Å². The summed E-state index contributed by atoms with van der Waals surface area (Å²) in [4.78, 5) is 14.2. The molecule has 122 valence electrons. The average molecular weight is 321 g/mol. The van der Waals surface area contributed by atoms with Crippen LogP contribution < -0.4 is 4.74 Å². The van der Waals surface area contributed by atoms with Gasteiger partial charge in [-0.2, -0.15) is 0 Å². The van der Waals surface area contributed by atoms with Crippen molar-refractivity contribution >= 4 is 5.91 Å². The smallest absolute Gasteiger partial charge is 0.257 e. The number of hydrogen-bond acceptors (Lipinski definition) is 6. The van der Waals surface area contributed by atoms with E-state index in [2.05, 4.69) is 10.2 Å². The van der Waals surface area contributed by atoms with Crippen LogP contribution in [0.4, 0.5) is 4.39 Å². The van der Waals surface area contributed by atoms with Gasteiger partial charge in [0.2, 0.25) is 11.8 Å². The summed E-state index contributed by atoms with van der Waals surface area (Å²) < 4.78 is 30.1. The van der Waals surface area contributed by atoms with Crippen molar-refractivity contribution in [2.24, 2.45) is 0 Å². The number of rotatable bonds is 3. The summed E-state index contributed by atoms with van der Waals surface area (Å²) >= 11 is 0. The lowest BCUT2D eigenvalue weighted by Gasteiger charge is -2.33. The zero-order valence-corrected chi connectivity index (χ0v) is 12.8. The Balaban J connectivity index is 1.93. The van der Waals surface area contributed by atoms with E-state index in [9.17, 15) is 9.18 Å². The largest absolute Gasteiger partial charge is 0.494 e. The van der Waals surface area contributed by atoms with Crippen LogP contribution in [-0.2, 0) is 4.74 Å². The van der Waals surface area contributed by atoms with Crippen LogP contribution in [0.3, 0.4) is 0 Å². The Hall–Kier alpha value is -2.48. The summed E-state index contributed by atoms with van der Waals surface area (Å²) in [5, 5.41) is 7.71. The zero-order chi connectivity index (χ0) is 16.4. The molecule has 1 fully saturated rings. The highest BCUT2D eigenvalue weighted by Crippen LogP contribution is 2.27. The van der Waals surface area contributed by atoms with Crippen molar-refractivity contribution in [3.05, 3.63) is 41.4 Å². The number of aryl methyl sites for hydroxylation is 1. The number of nitrogens with zero attached hydrogens (tertiary/aromatic N) is 3. The molecule has 0 N–H and O–H groups in total. The molecule has 0 radical (unpaired) electrons. The van der Waals surface area contributed by atoms with Gasteiger partial charge in [0.1, 0.15) is 6.04 Å². The number of aromatic nitrogens is 2. The van der Waals surface area contributed by atoms with E-state index in [1.54, 1.807) is 13.0 Å². The van der Waals surface area contributed by atoms with Gasteiger partial charge in [0.25, 0.3) is 5.91 Å². The normalized spacial score (nSPS) is 18.0. The highest BCUT2D eigenvalue weighted by molar-refractivity contribution is 5.95. The fourth-order valence-corrected chi connectivity index (χ4v) is 2.49. The molecule has 1 saturated heterocycles. The molecule has 1 aliphatic heterocycles. The maximum absolute atomic E-state index is 14.4. The van der Waals surface area contributed by atoms with Gasteiger partial charge in [0.15, 0.2) is 11.6 Å². The molecule has 0 unspecified atom stereocenters. The summed E-state index contributed by atoms with van der Waals surface area (Å²) in [5.74, 6) is -0.462. The van der Waals surface area contributed by atoms with E-state index in [1.165, 1.54) is 24.1 Å². The Morgan fingerprint density at radius 2 is 2.26 bits per heavy atom. The topological polar surface area (TPSA) is 77.7 Å². The van der Waals surface area contributed by atoms with Crippen LogP contribution in [-0.4, -0.2) is 47.9 Å². The SMILES string of the molecule is COc1cccc(C(=O)N2CCOC[C@H]2c2nnc(C)o2)c1F. The van der Waals surface area contributed by atoms with Gasteiger partial charge in [-0.15, -0.1) is 10.2 Å². The van der Waals surface area contributed by atoms with Gasteiger partial charge in [0.05, 0.1) is 25.9 Å². The van der Waals surface area contributed by atoms with Crippen molar-refractivity contribution in [3.63, 3.8) is 0 Å². The third-order valence-corrected chi connectivity index (χ3v) is 3.63. The Kier molecular flexibility index (Phi) is 4.24. The van der Waals surface area contributed by atoms with Gasteiger partial charge >= 0.3 is 0 Å². The molecule has 0 spiro atoms. The number of carbonyl (C=O) groups excluding carboxylic acids is 1. The lowest BCUT2D eigenvalue weighted by Crippen LogP contribution is -2.43. The lowest BCUT2D eigenvalue weighted by atomic mass is 10.1. The Morgan fingerprint density at radius 1 is 1.43 bits per heavy atom. The number of ether oxygens (including phenoxy) is 2. The average Bonchev–Trinajstić information content (AvgIpc) is 3.01.